The van der Waals surface area contributed by atoms with Crippen LogP contribution in [0, 0.1) is 0 Å². The molecule has 1 unspecified atom stereocenters. The van der Waals surface area contributed by atoms with E-state index in [4.69, 9.17) is 30.7 Å². The fourth-order valence-electron chi connectivity index (χ4n) is 10.7. The van der Waals surface area contributed by atoms with Gasteiger partial charge in [-0.25, -0.2) is 4.58 Å². The number of aromatic carboxylic acids is 1. The van der Waals surface area contributed by atoms with E-state index in [9.17, 15) is 28.9 Å². The second-order valence-corrected chi connectivity index (χ2v) is 25.2. The average Bonchev–Trinajstić information content (AvgIpc) is 1.10. The summed E-state index contributed by atoms with van der Waals surface area (Å²) >= 11 is 5.57. The van der Waals surface area contributed by atoms with Gasteiger partial charge in [-0.15, -0.1) is 0 Å². The van der Waals surface area contributed by atoms with Gasteiger partial charge in [0.15, 0.2) is 16.9 Å². The molecule has 0 spiro atoms. The molecule has 0 saturated heterocycles. The van der Waals surface area contributed by atoms with Gasteiger partial charge in [-0.2, -0.15) is 4.90 Å². The molecular weight excluding hydrogens is 1120 g/mol. The average molecular weight is 1230 g/mol. The summed E-state index contributed by atoms with van der Waals surface area (Å²) in [5, 5.41) is 18.8. The Morgan fingerprint density at radius 3 is 1.67 bits per heavy atom. The summed E-state index contributed by atoms with van der Waals surface area (Å²) in [4.78, 5) is 55.8. The normalized spacial score (nSPS) is 13.7. The molecule has 0 saturated carbocycles. The number of rotatable bonds is 45. The first-order valence-electron chi connectivity index (χ1n) is 33.0. The fraction of sp³-hybridized carbons (Fsp3) is 0.667. The highest BCUT2D eigenvalue weighted by molar-refractivity contribution is 7.80. The summed E-state index contributed by atoms with van der Waals surface area (Å²) in [6.07, 6.45) is 36.7. The molecule has 2 aromatic carbocycles. The number of carboxylic acid groups (broad SMARTS) is 1. The van der Waals surface area contributed by atoms with Crippen molar-refractivity contribution in [3.63, 3.8) is 0 Å². The van der Waals surface area contributed by atoms with Crippen LogP contribution in [0.2, 0.25) is 0 Å². The Kier molecular flexibility index (Phi) is 39.3. The molecule has 2 N–H and O–H groups in total. The molecule has 2 aliphatic rings. The maximum atomic E-state index is 13.0. The van der Waals surface area contributed by atoms with Gasteiger partial charge in [-0.1, -0.05) is 180 Å². The quantitative estimate of drug-likeness (QED) is 0.0210. The zero-order valence-corrected chi connectivity index (χ0v) is 56.2. The van der Waals surface area contributed by atoms with Crippen molar-refractivity contribution in [3.8, 4) is 0 Å². The van der Waals surface area contributed by atoms with E-state index in [1.165, 1.54) is 141 Å². The Hall–Kier alpha value is -4.70. The van der Waals surface area contributed by atoms with E-state index in [-0.39, 0.29) is 43.3 Å². The van der Waals surface area contributed by atoms with Crippen LogP contribution in [0.25, 0.3) is 5.57 Å². The minimum Gasteiger partial charge on any atom is -0.756 e. The van der Waals surface area contributed by atoms with Crippen molar-refractivity contribution in [1.82, 2.24) is 10.2 Å². The smallest absolute Gasteiger partial charge is 0.306 e. The van der Waals surface area contributed by atoms with E-state index >= 15 is 0 Å². The summed E-state index contributed by atoms with van der Waals surface area (Å²) < 4.78 is 36.5. The summed E-state index contributed by atoms with van der Waals surface area (Å²) in [6, 6.07) is 11.0. The molecule has 15 nitrogen and oxygen atoms in total. The molecule has 483 valence electrons. The van der Waals surface area contributed by atoms with Gasteiger partial charge < -0.3 is 48.8 Å². The topological polar surface area (TPSA) is 188 Å². The Morgan fingerprint density at radius 1 is 0.663 bits per heavy atom. The number of benzene rings is 2. The first kappa shape index (κ1) is 75.5. The number of esters is 2. The van der Waals surface area contributed by atoms with Gasteiger partial charge in [-0.05, 0) is 116 Å². The minimum atomic E-state index is -4.92. The number of carbonyl (C=O) groups is 3. The lowest BCUT2D eigenvalue weighted by molar-refractivity contribution is -0.462. The fourth-order valence-corrected chi connectivity index (χ4v) is 11.7. The van der Waals surface area contributed by atoms with Gasteiger partial charge in [0.05, 0.1) is 19.2 Å². The molecule has 0 fully saturated rings. The molecule has 2 aromatic rings. The highest BCUT2D eigenvalue weighted by atomic mass is 32.1. The van der Waals surface area contributed by atoms with E-state index in [1.807, 2.05) is 62.0 Å². The molecule has 2 aliphatic carbocycles. The Bertz CT molecular complexity index is 2500. The van der Waals surface area contributed by atoms with E-state index in [2.05, 4.69) is 62.3 Å². The zero-order chi connectivity index (χ0) is 63.0. The van der Waals surface area contributed by atoms with Gasteiger partial charge in [0.2, 0.25) is 0 Å². The minimum absolute atomic E-state index is 0.0150. The third kappa shape index (κ3) is 31.0. The monoisotopic (exact) mass is 1230 g/mol. The molecule has 0 heterocycles. The standard InChI is InChI=1S/C63H97N4O10PS.C6H15N/c1-7-9-11-13-15-17-19-21-23-25-27-29-31-33-59(68)74-47-54(77-60(69)34-32-30-28-26-24-22-20-18-16-14-12-10-8-2)48-76-78(72,73)75-42-41-64-63(79)65-51-35-38-57(62(70)71)58(46-51)61-55-39-36-52(66(3)4)44-49(55)43-50-45-53(67(5)6)37-40-56(50)61;1-4-7(5-2)6-3/h35-40,44-46,54H,7-34,41-43,47-48H2,1-6H3,(H3-,64,65,70,71,72,73,79);4-6H2,1-3H3/q;+1/p-1/t54-;/m1./s1. The number of nitrogens with one attached hydrogen (secondary N) is 2. The van der Waals surface area contributed by atoms with E-state index < -0.39 is 38.4 Å². The SMILES string of the molecule is CCCCCCCCCCCCCCCC(=O)OC[C@H](COP(=O)([O-])OCCNC(=S)Nc1ccc(C(=O)[O-])c(C2=C3C=CC(=[N+](C)C)C=C3Cc3cc(N(C)C)ccc32)c1)OC(=O)CCCCCCCCCCCCCCC.CC[N+](CC)CC. The van der Waals surface area contributed by atoms with Crippen molar-refractivity contribution in [2.45, 2.75) is 227 Å². The third-order valence-corrected chi connectivity index (χ3v) is 17.2. The van der Waals surface area contributed by atoms with Crippen molar-refractivity contribution in [1.29, 1.82) is 0 Å². The third-order valence-electron chi connectivity index (χ3n) is 16.0. The number of allylic oxidation sites excluding steroid dienone is 5. The summed E-state index contributed by atoms with van der Waals surface area (Å²) in [5.74, 6) is -2.28. The number of hydrogen-bond acceptors (Lipinski definition) is 13. The molecular formula is C69H111N5O10PS. The molecule has 1 radical (unpaired) electrons. The first-order valence-corrected chi connectivity index (χ1v) is 34.9. The maximum absolute atomic E-state index is 13.0. The van der Waals surface area contributed by atoms with Crippen molar-refractivity contribution < 1.29 is 52.0 Å². The molecule has 86 heavy (non-hydrogen) atoms. The summed E-state index contributed by atoms with van der Waals surface area (Å²) in [7, 11) is 3.00. The van der Waals surface area contributed by atoms with Crippen LogP contribution < -0.4 is 30.4 Å². The maximum Gasteiger partial charge on any atom is 0.306 e. The summed E-state index contributed by atoms with van der Waals surface area (Å²) in [6.45, 7) is 13.3. The van der Waals surface area contributed by atoms with Crippen molar-refractivity contribution in [2.75, 3.05) is 84.4 Å². The van der Waals surface area contributed by atoms with Crippen molar-refractivity contribution >= 4 is 65.7 Å². The second kappa shape index (κ2) is 44.7. The van der Waals surface area contributed by atoms with Crippen LogP contribution in [0.3, 0.4) is 0 Å². The number of anilines is 2. The number of carbonyl (C=O) groups excluding carboxylic acids is 3. The number of phosphoric ester groups is 1. The number of ether oxygens (including phenoxy) is 2. The highest BCUT2D eigenvalue weighted by Crippen LogP contribution is 2.43. The van der Waals surface area contributed by atoms with Gasteiger partial charge in [-0.3, -0.25) is 14.2 Å². The van der Waals surface area contributed by atoms with E-state index in [1.54, 1.807) is 12.1 Å². The van der Waals surface area contributed by atoms with Crippen LogP contribution in [-0.2, 0) is 39.1 Å². The van der Waals surface area contributed by atoms with Crippen LogP contribution >= 0.6 is 20.0 Å². The lowest BCUT2D eigenvalue weighted by atomic mass is 9.76. The Labute approximate surface area is 524 Å². The van der Waals surface area contributed by atoms with Gasteiger partial charge in [0.25, 0.3) is 7.82 Å². The van der Waals surface area contributed by atoms with Crippen molar-refractivity contribution in [2.24, 2.45) is 0 Å². The molecule has 4 rings (SSSR count). The highest BCUT2D eigenvalue weighted by Gasteiger charge is 2.28. The number of fused-ring (bicyclic) bond motifs is 2. The second-order valence-electron chi connectivity index (χ2n) is 23.4. The predicted octanol–water partition coefficient (Wildman–Crippen LogP) is 14.1. The summed E-state index contributed by atoms with van der Waals surface area (Å²) in [5.41, 5.74) is 7.69. The molecule has 0 bridgehead atoms. The largest absolute Gasteiger partial charge is 0.756 e. The van der Waals surface area contributed by atoms with E-state index in [0.717, 1.165) is 77.8 Å². The van der Waals surface area contributed by atoms with Crippen LogP contribution in [-0.4, -0.2) is 114 Å². The number of carboxylic acids is 1. The predicted molar refractivity (Wildman–Crippen MR) is 355 cm³/mol. The van der Waals surface area contributed by atoms with Crippen molar-refractivity contribution in [3.05, 3.63) is 88.0 Å². The number of hydrogen-bond donors (Lipinski definition) is 2. The molecule has 0 aromatic heterocycles. The Morgan fingerprint density at radius 2 is 1.19 bits per heavy atom. The van der Waals surface area contributed by atoms with E-state index in [0.29, 0.717) is 30.5 Å². The number of unbranched alkanes of at least 4 members (excludes halogenated alkanes) is 24. The lowest BCUT2D eigenvalue weighted by Crippen LogP contribution is -2.32. The number of thiocarbonyl (C=S) groups is 1. The van der Waals surface area contributed by atoms with Crippen LogP contribution in [0.15, 0.2) is 65.8 Å². The zero-order valence-electron chi connectivity index (χ0n) is 54.5. The number of phosphoric acid groups is 1. The first-order chi connectivity index (χ1) is 41.5. The van der Waals surface area contributed by atoms with Crippen LogP contribution in [0.1, 0.15) is 241 Å². The Balaban J connectivity index is 0.00000259. The van der Waals surface area contributed by atoms with Gasteiger partial charge in [0, 0.05) is 62.6 Å². The lowest BCUT2D eigenvalue weighted by Gasteiger charge is -2.29. The molecule has 0 aliphatic heterocycles. The molecule has 17 heteroatoms. The molecule has 0 amide bonds. The van der Waals surface area contributed by atoms with Gasteiger partial charge in [0.1, 0.15) is 40.3 Å². The van der Waals surface area contributed by atoms with Crippen LogP contribution in [0.5, 0.6) is 0 Å². The number of nitrogens with zero attached hydrogens (tertiary/aromatic N) is 3. The van der Waals surface area contributed by atoms with Gasteiger partial charge >= 0.3 is 11.9 Å². The van der Waals surface area contributed by atoms with Crippen LogP contribution in [0.4, 0.5) is 11.4 Å². The molecule has 2 atom stereocenters.